The van der Waals surface area contributed by atoms with E-state index in [1.807, 2.05) is 36.4 Å². The Bertz CT molecular complexity index is 597. The molecule has 2 aromatic rings. The molecule has 2 N–H and O–H groups in total. The Balaban J connectivity index is 1.95. The molecule has 0 saturated heterocycles. The highest BCUT2D eigenvalue weighted by Gasteiger charge is 2.13. The van der Waals surface area contributed by atoms with Gasteiger partial charge in [0.05, 0.1) is 0 Å². The maximum atomic E-state index is 5.90. The Kier molecular flexibility index (Phi) is 5.67. The van der Waals surface area contributed by atoms with E-state index in [0.29, 0.717) is 6.04 Å². The van der Waals surface area contributed by atoms with Gasteiger partial charge in [0.25, 0.3) is 0 Å². The van der Waals surface area contributed by atoms with Gasteiger partial charge in [-0.2, -0.15) is 0 Å². The molecule has 2 aromatic carbocycles. The van der Waals surface area contributed by atoms with Gasteiger partial charge in [-0.25, -0.2) is 5.43 Å². The minimum absolute atomic E-state index is 0.161. The molecule has 0 radical (unpaired) electrons. The van der Waals surface area contributed by atoms with Crippen LogP contribution in [0, 0.1) is 0 Å². The summed E-state index contributed by atoms with van der Waals surface area (Å²) in [6.45, 7) is 10.9. The normalized spacial score (nSPS) is 12.7. The van der Waals surface area contributed by atoms with E-state index in [9.17, 15) is 0 Å². The van der Waals surface area contributed by atoms with Crippen LogP contribution in [0.3, 0.4) is 0 Å². The molecule has 0 aliphatic carbocycles. The monoisotopic (exact) mass is 312 g/mol. The second kappa shape index (κ2) is 7.51. The van der Waals surface area contributed by atoms with Gasteiger partial charge in [0.1, 0.15) is 11.5 Å². The van der Waals surface area contributed by atoms with Crippen LogP contribution in [0.5, 0.6) is 11.5 Å². The number of hydrazine groups is 1. The number of hydrogen-bond donors (Lipinski definition) is 2. The van der Waals surface area contributed by atoms with Crippen molar-refractivity contribution in [2.24, 2.45) is 0 Å². The molecule has 0 bridgehead atoms. The lowest BCUT2D eigenvalue weighted by Crippen LogP contribution is -2.30. The third-order valence-corrected chi connectivity index (χ3v) is 3.89. The van der Waals surface area contributed by atoms with Crippen molar-refractivity contribution in [1.82, 2.24) is 5.43 Å². The Morgan fingerprint density at radius 1 is 0.913 bits per heavy atom. The number of benzene rings is 2. The zero-order valence-corrected chi connectivity index (χ0v) is 14.8. The molecule has 0 saturated carbocycles. The first-order chi connectivity index (χ1) is 10.9. The molecule has 3 nitrogen and oxygen atoms in total. The third kappa shape index (κ3) is 5.29. The highest BCUT2D eigenvalue weighted by atomic mass is 16.5. The number of nitrogens with one attached hydrogen (secondary N) is 2. The lowest BCUT2D eigenvalue weighted by Gasteiger charge is -2.19. The standard InChI is InChI=1S/C20H28N2O/c1-6-15(2)21-22-17-9-13-19(14-10-17)23-18-11-7-16(8-12-18)20(3,4)5/h7-15,21-22H,6H2,1-5H3. The van der Waals surface area contributed by atoms with Crippen molar-refractivity contribution in [2.75, 3.05) is 5.43 Å². The molecule has 1 unspecified atom stereocenters. The quantitative estimate of drug-likeness (QED) is 0.692. The number of hydrogen-bond acceptors (Lipinski definition) is 3. The van der Waals surface area contributed by atoms with Crippen molar-refractivity contribution in [1.29, 1.82) is 0 Å². The van der Waals surface area contributed by atoms with Gasteiger partial charge in [-0.1, -0.05) is 39.8 Å². The van der Waals surface area contributed by atoms with Gasteiger partial charge in [0.15, 0.2) is 0 Å². The van der Waals surface area contributed by atoms with Gasteiger partial charge in [-0.15, -0.1) is 0 Å². The van der Waals surface area contributed by atoms with Crippen LogP contribution in [0.15, 0.2) is 48.5 Å². The molecule has 0 heterocycles. The Labute approximate surface area is 140 Å². The van der Waals surface area contributed by atoms with Crippen LogP contribution in [0.4, 0.5) is 5.69 Å². The van der Waals surface area contributed by atoms with E-state index in [-0.39, 0.29) is 5.41 Å². The van der Waals surface area contributed by atoms with Crippen LogP contribution < -0.4 is 15.6 Å². The lowest BCUT2D eigenvalue weighted by atomic mass is 9.87. The molecule has 0 amide bonds. The van der Waals surface area contributed by atoms with Crippen molar-refractivity contribution in [3.05, 3.63) is 54.1 Å². The van der Waals surface area contributed by atoms with Gasteiger partial charge in [-0.05, 0) is 60.7 Å². The average Bonchev–Trinajstić information content (AvgIpc) is 2.53. The van der Waals surface area contributed by atoms with Crippen molar-refractivity contribution in [3.8, 4) is 11.5 Å². The largest absolute Gasteiger partial charge is 0.457 e. The second-order valence-electron chi connectivity index (χ2n) is 6.98. The molecule has 124 valence electrons. The SMILES string of the molecule is CCC(C)NNc1ccc(Oc2ccc(C(C)(C)C)cc2)cc1. The molecule has 3 heteroatoms. The molecular formula is C20H28N2O. The first-order valence-corrected chi connectivity index (χ1v) is 8.28. The summed E-state index contributed by atoms with van der Waals surface area (Å²) in [5.41, 5.74) is 8.95. The first kappa shape index (κ1) is 17.4. The summed E-state index contributed by atoms with van der Waals surface area (Å²) < 4.78 is 5.90. The van der Waals surface area contributed by atoms with Crippen LogP contribution in [-0.2, 0) is 5.41 Å². The van der Waals surface area contributed by atoms with E-state index < -0.39 is 0 Å². The fraction of sp³-hybridized carbons (Fsp3) is 0.400. The lowest BCUT2D eigenvalue weighted by molar-refractivity contribution is 0.481. The van der Waals surface area contributed by atoms with E-state index in [2.05, 4.69) is 57.6 Å². The predicted molar refractivity (Wildman–Crippen MR) is 98.2 cm³/mol. The molecule has 0 fully saturated rings. The summed E-state index contributed by atoms with van der Waals surface area (Å²) >= 11 is 0. The molecule has 0 aromatic heterocycles. The summed E-state index contributed by atoms with van der Waals surface area (Å²) in [7, 11) is 0. The molecule has 23 heavy (non-hydrogen) atoms. The third-order valence-electron chi connectivity index (χ3n) is 3.89. The Morgan fingerprint density at radius 3 is 1.91 bits per heavy atom. The summed E-state index contributed by atoms with van der Waals surface area (Å²) in [5, 5.41) is 0. The number of ether oxygens (including phenoxy) is 1. The molecule has 0 aliphatic rings. The van der Waals surface area contributed by atoms with Gasteiger partial charge in [-0.3, -0.25) is 0 Å². The maximum absolute atomic E-state index is 5.90. The molecule has 2 rings (SSSR count). The van der Waals surface area contributed by atoms with E-state index in [1.54, 1.807) is 0 Å². The summed E-state index contributed by atoms with van der Waals surface area (Å²) in [6, 6.07) is 16.7. The summed E-state index contributed by atoms with van der Waals surface area (Å²) in [4.78, 5) is 0. The van der Waals surface area contributed by atoms with Crippen LogP contribution in [-0.4, -0.2) is 6.04 Å². The minimum atomic E-state index is 0.161. The summed E-state index contributed by atoms with van der Waals surface area (Å²) in [6.07, 6.45) is 1.08. The van der Waals surface area contributed by atoms with E-state index >= 15 is 0 Å². The Hall–Kier alpha value is -2.00. The average molecular weight is 312 g/mol. The predicted octanol–water partition coefficient (Wildman–Crippen LogP) is 5.49. The zero-order chi connectivity index (χ0) is 16.9. The number of rotatable bonds is 6. The van der Waals surface area contributed by atoms with Crippen molar-refractivity contribution >= 4 is 5.69 Å². The van der Waals surface area contributed by atoms with Crippen LogP contribution in [0.25, 0.3) is 0 Å². The van der Waals surface area contributed by atoms with Crippen LogP contribution in [0.2, 0.25) is 0 Å². The molecule has 1 atom stereocenters. The van der Waals surface area contributed by atoms with Gasteiger partial charge in [0, 0.05) is 11.7 Å². The summed E-state index contributed by atoms with van der Waals surface area (Å²) in [5.74, 6) is 1.69. The van der Waals surface area contributed by atoms with Gasteiger partial charge < -0.3 is 10.2 Å². The molecular weight excluding hydrogens is 284 g/mol. The second-order valence-corrected chi connectivity index (χ2v) is 6.98. The number of anilines is 1. The first-order valence-electron chi connectivity index (χ1n) is 8.28. The zero-order valence-electron chi connectivity index (χ0n) is 14.8. The molecule has 0 spiro atoms. The Morgan fingerprint density at radius 2 is 1.43 bits per heavy atom. The highest BCUT2D eigenvalue weighted by Crippen LogP contribution is 2.27. The van der Waals surface area contributed by atoms with Crippen molar-refractivity contribution < 1.29 is 4.74 Å². The van der Waals surface area contributed by atoms with Gasteiger partial charge in [0.2, 0.25) is 0 Å². The topological polar surface area (TPSA) is 33.3 Å². The van der Waals surface area contributed by atoms with Gasteiger partial charge >= 0.3 is 0 Å². The smallest absolute Gasteiger partial charge is 0.127 e. The maximum Gasteiger partial charge on any atom is 0.127 e. The fourth-order valence-electron chi connectivity index (χ4n) is 2.07. The van der Waals surface area contributed by atoms with Crippen molar-refractivity contribution in [2.45, 2.75) is 52.5 Å². The highest BCUT2D eigenvalue weighted by molar-refractivity contribution is 5.46. The minimum Gasteiger partial charge on any atom is -0.457 e. The van der Waals surface area contributed by atoms with E-state index in [0.717, 1.165) is 23.6 Å². The fourth-order valence-corrected chi connectivity index (χ4v) is 2.07. The van der Waals surface area contributed by atoms with E-state index in [1.165, 1.54) is 5.56 Å². The van der Waals surface area contributed by atoms with Crippen LogP contribution >= 0.6 is 0 Å². The van der Waals surface area contributed by atoms with Crippen LogP contribution in [0.1, 0.15) is 46.6 Å². The van der Waals surface area contributed by atoms with E-state index in [4.69, 9.17) is 4.74 Å². The van der Waals surface area contributed by atoms with Crippen molar-refractivity contribution in [3.63, 3.8) is 0 Å². The molecule has 0 aliphatic heterocycles.